The first kappa shape index (κ1) is 12.8. The Morgan fingerprint density at radius 1 is 1.39 bits per heavy atom. The van der Waals surface area contributed by atoms with Crippen LogP contribution < -0.4 is 10.6 Å². The number of hydrogen-bond acceptors (Lipinski definition) is 4. The van der Waals surface area contributed by atoms with Crippen molar-refractivity contribution in [3.8, 4) is 0 Å². The van der Waals surface area contributed by atoms with Crippen LogP contribution in [0.2, 0.25) is 0 Å². The average molecular weight is 248 g/mol. The van der Waals surface area contributed by atoms with E-state index in [1.165, 1.54) is 0 Å². The van der Waals surface area contributed by atoms with Crippen molar-refractivity contribution in [3.05, 3.63) is 24.4 Å². The van der Waals surface area contributed by atoms with Gasteiger partial charge in [-0.15, -0.1) is 0 Å². The highest BCUT2D eigenvalue weighted by Gasteiger charge is 2.21. The first-order valence-electron chi connectivity index (χ1n) is 6.36. The van der Waals surface area contributed by atoms with Gasteiger partial charge < -0.3 is 15.5 Å². The molecule has 0 aliphatic carbocycles. The van der Waals surface area contributed by atoms with Gasteiger partial charge in [0.25, 0.3) is 0 Å². The molecule has 1 aliphatic heterocycles. The lowest BCUT2D eigenvalue weighted by Crippen LogP contribution is -2.49. The summed E-state index contributed by atoms with van der Waals surface area (Å²) < 4.78 is 0. The van der Waals surface area contributed by atoms with Gasteiger partial charge in [-0.25, -0.2) is 4.98 Å². The van der Waals surface area contributed by atoms with Gasteiger partial charge in [0.2, 0.25) is 5.91 Å². The zero-order chi connectivity index (χ0) is 13.0. The zero-order valence-electron chi connectivity index (χ0n) is 10.7. The molecule has 2 heterocycles. The third-order valence-corrected chi connectivity index (χ3v) is 3.10. The van der Waals surface area contributed by atoms with Gasteiger partial charge in [0, 0.05) is 44.8 Å². The summed E-state index contributed by atoms with van der Waals surface area (Å²) >= 11 is 0. The number of nitrogens with zero attached hydrogens (tertiary/aromatic N) is 3. The van der Waals surface area contributed by atoms with Crippen molar-refractivity contribution in [1.82, 2.24) is 9.88 Å². The van der Waals surface area contributed by atoms with Crippen molar-refractivity contribution in [2.24, 2.45) is 5.73 Å². The van der Waals surface area contributed by atoms with E-state index in [9.17, 15) is 4.79 Å². The summed E-state index contributed by atoms with van der Waals surface area (Å²) in [7, 11) is 0. The van der Waals surface area contributed by atoms with E-state index in [4.69, 9.17) is 5.73 Å². The molecule has 5 nitrogen and oxygen atoms in total. The van der Waals surface area contributed by atoms with Gasteiger partial charge in [-0.05, 0) is 19.1 Å². The van der Waals surface area contributed by atoms with Crippen molar-refractivity contribution >= 4 is 11.7 Å². The van der Waals surface area contributed by atoms with E-state index in [-0.39, 0.29) is 11.9 Å². The molecule has 1 aromatic heterocycles. The van der Waals surface area contributed by atoms with Crippen LogP contribution in [0, 0.1) is 0 Å². The van der Waals surface area contributed by atoms with E-state index < -0.39 is 0 Å². The molecule has 1 atom stereocenters. The molecular weight excluding hydrogens is 228 g/mol. The zero-order valence-corrected chi connectivity index (χ0v) is 10.7. The topological polar surface area (TPSA) is 62.5 Å². The smallest absolute Gasteiger partial charge is 0.224 e. The minimum atomic E-state index is -0.0636. The van der Waals surface area contributed by atoms with Gasteiger partial charge in [0.15, 0.2) is 0 Å². The summed E-state index contributed by atoms with van der Waals surface area (Å²) in [4.78, 5) is 20.3. The standard InChI is InChI=1S/C13H20N4O/c1-11(14)10-13(18)17-8-6-16(7-9-17)12-4-2-3-5-15-12/h2-5,11H,6-10,14H2,1H3. The molecule has 98 valence electrons. The van der Waals surface area contributed by atoms with Gasteiger partial charge in [-0.1, -0.05) is 6.07 Å². The number of carbonyl (C=O) groups is 1. The van der Waals surface area contributed by atoms with Gasteiger partial charge >= 0.3 is 0 Å². The number of aromatic nitrogens is 1. The Balaban J connectivity index is 1.87. The molecule has 1 saturated heterocycles. The third-order valence-electron chi connectivity index (χ3n) is 3.10. The van der Waals surface area contributed by atoms with Crippen LogP contribution in [0.15, 0.2) is 24.4 Å². The van der Waals surface area contributed by atoms with Crippen LogP contribution in [0.3, 0.4) is 0 Å². The van der Waals surface area contributed by atoms with Crippen LogP contribution in [0.1, 0.15) is 13.3 Å². The fourth-order valence-electron chi connectivity index (χ4n) is 2.13. The molecule has 0 aromatic carbocycles. The van der Waals surface area contributed by atoms with Crippen LogP contribution in [0.5, 0.6) is 0 Å². The number of amides is 1. The predicted octanol–water partition coefficient (Wildman–Crippen LogP) is 0.468. The fourth-order valence-corrected chi connectivity index (χ4v) is 2.13. The van der Waals surface area contributed by atoms with Crippen molar-refractivity contribution in [2.75, 3.05) is 31.1 Å². The molecule has 0 bridgehead atoms. The summed E-state index contributed by atoms with van der Waals surface area (Å²) in [6, 6.07) is 5.83. The first-order valence-corrected chi connectivity index (χ1v) is 6.36. The van der Waals surface area contributed by atoms with E-state index in [0.29, 0.717) is 6.42 Å². The number of carbonyl (C=O) groups excluding carboxylic acids is 1. The normalized spacial score (nSPS) is 17.7. The summed E-state index contributed by atoms with van der Waals surface area (Å²) in [5.41, 5.74) is 5.65. The number of pyridine rings is 1. The summed E-state index contributed by atoms with van der Waals surface area (Å²) in [6.45, 7) is 5.04. The van der Waals surface area contributed by atoms with Gasteiger partial charge in [0.1, 0.15) is 5.82 Å². The molecule has 18 heavy (non-hydrogen) atoms. The molecule has 1 amide bonds. The maximum Gasteiger partial charge on any atom is 0.224 e. The summed E-state index contributed by atoms with van der Waals surface area (Å²) in [6.07, 6.45) is 2.23. The van der Waals surface area contributed by atoms with E-state index in [0.717, 1.165) is 32.0 Å². The second-order valence-corrected chi connectivity index (χ2v) is 4.74. The Morgan fingerprint density at radius 2 is 2.11 bits per heavy atom. The summed E-state index contributed by atoms with van der Waals surface area (Å²) in [5, 5.41) is 0. The highest BCUT2D eigenvalue weighted by atomic mass is 16.2. The Morgan fingerprint density at radius 3 is 2.67 bits per heavy atom. The van der Waals surface area contributed by atoms with Crippen LogP contribution in [-0.2, 0) is 4.79 Å². The van der Waals surface area contributed by atoms with Crippen LogP contribution in [-0.4, -0.2) is 48.0 Å². The lowest BCUT2D eigenvalue weighted by Gasteiger charge is -2.35. The van der Waals surface area contributed by atoms with Crippen molar-refractivity contribution in [1.29, 1.82) is 0 Å². The molecule has 5 heteroatoms. The first-order chi connectivity index (χ1) is 8.66. The summed E-state index contributed by atoms with van der Waals surface area (Å²) in [5.74, 6) is 1.14. The molecule has 1 fully saturated rings. The second-order valence-electron chi connectivity index (χ2n) is 4.74. The second kappa shape index (κ2) is 5.82. The number of rotatable bonds is 3. The minimum absolute atomic E-state index is 0.0636. The average Bonchev–Trinajstić information content (AvgIpc) is 2.39. The Hall–Kier alpha value is -1.62. The number of nitrogens with two attached hydrogens (primary N) is 1. The monoisotopic (exact) mass is 248 g/mol. The van der Waals surface area contributed by atoms with E-state index >= 15 is 0 Å². The van der Waals surface area contributed by atoms with E-state index in [1.807, 2.05) is 30.0 Å². The van der Waals surface area contributed by atoms with Gasteiger partial charge in [-0.3, -0.25) is 4.79 Å². The van der Waals surface area contributed by atoms with Crippen molar-refractivity contribution in [3.63, 3.8) is 0 Å². The molecular formula is C13H20N4O. The Labute approximate surface area is 108 Å². The molecule has 1 unspecified atom stereocenters. The van der Waals surface area contributed by atoms with Gasteiger partial charge in [-0.2, -0.15) is 0 Å². The molecule has 1 aromatic rings. The Bertz CT molecular complexity index is 385. The van der Waals surface area contributed by atoms with Crippen LogP contribution in [0.4, 0.5) is 5.82 Å². The quantitative estimate of drug-likeness (QED) is 0.844. The minimum Gasteiger partial charge on any atom is -0.353 e. The molecule has 2 N–H and O–H groups in total. The maximum absolute atomic E-state index is 11.9. The number of hydrogen-bond donors (Lipinski definition) is 1. The number of piperazine rings is 1. The molecule has 1 aliphatic rings. The molecule has 2 rings (SSSR count). The lowest BCUT2D eigenvalue weighted by molar-refractivity contribution is -0.131. The largest absolute Gasteiger partial charge is 0.353 e. The van der Waals surface area contributed by atoms with Crippen LogP contribution >= 0.6 is 0 Å². The fraction of sp³-hybridized carbons (Fsp3) is 0.538. The predicted molar refractivity (Wildman–Crippen MR) is 71.3 cm³/mol. The molecule has 0 radical (unpaired) electrons. The van der Waals surface area contributed by atoms with Gasteiger partial charge in [0.05, 0.1) is 0 Å². The lowest BCUT2D eigenvalue weighted by atomic mass is 10.2. The van der Waals surface area contributed by atoms with Crippen LogP contribution in [0.25, 0.3) is 0 Å². The SMILES string of the molecule is CC(N)CC(=O)N1CCN(c2ccccn2)CC1. The molecule has 0 spiro atoms. The molecule has 0 saturated carbocycles. The van der Waals surface area contributed by atoms with E-state index in [2.05, 4.69) is 9.88 Å². The highest BCUT2D eigenvalue weighted by molar-refractivity contribution is 5.77. The highest BCUT2D eigenvalue weighted by Crippen LogP contribution is 2.13. The Kier molecular flexibility index (Phi) is 4.15. The third kappa shape index (κ3) is 3.20. The maximum atomic E-state index is 11.9. The van der Waals surface area contributed by atoms with E-state index in [1.54, 1.807) is 6.20 Å². The number of anilines is 1. The van der Waals surface area contributed by atoms with Crippen molar-refractivity contribution in [2.45, 2.75) is 19.4 Å². The van der Waals surface area contributed by atoms with Crippen molar-refractivity contribution < 1.29 is 4.79 Å².